The summed E-state index contributed by atoms with van der Waals surface area (Å²) < 4.78 is 5.53. The highest BCUT2D eigenvalue weighted by molar-refractivity contribution is 5.86. The molecule has 5 heteroatoms. The van der Waals surface area contributed by atoms with Crippen molar-refractivity contribution < 1.29 is 9.53 Å². The molecule has 1 aliphatic heterocycles. The molecule has 1 aromatic carbocycles. The quantitative estimate of drug-likeness (QED) is 0.900. The Morgan fingerprint density at radius 2 is 1.80 bits per heavy atom. The lowest BCUT2D eigenvalue weighted by Gasteiger charge is -2.38. The van der Waals surface area contributed by atoms with Crippen molar-refractivity contribution in [3.63, 3.8) is 0 Å². The van der Waals surface area contributed by atoms with Gasteiger partial charge in [-0.05, 0) is 32.9 Å². The van der Waals surface area contributed by atoms with Crippen molar-refractivity contribution in [1.29, 1.82) is 0 Å². The minimum atomic E-state index is -0.502. The number of anilines is 1. The van der Waals surface area contributed by atoms with E-state index in [9.17, 15) is 4.79 Å². The van der Waals surface area contributed by atoms with Crippen molar-refractivity contribution in [2.24, 2.45) is 0 Å². The number of benzene rings is 1. The van der Waals surface area contributed by atoms with Crippen LogP contribution < -0.4 is 10.3 Å². The maximum Gasteiger partial charge on any atom is 0.429 e. The molecular formula is C15H23N3O2. The standard InChI is InChI=1S/C15H23N3O2/c1-15(2,3)20-14(19)18(13-7-5-4-6-8-13)17-11-9-16-10-12-17/h4-8,16H,9-12H2,1-3H3. The zero-order valence-corrected chi connectivity index (χ0v) is 12.4. The maximum atomic E-state index is 12.5. The van der Waals surface area contributed by atoms with Gasteiger partial charge in [0, 0.05) is 26.2 Å². The molecule has 0 saturated carbocycles. The normalized spacial score (nSPS) is 16.8. The Hall–Kier alpha value is -1.59. The lowest BCUT2D eigenvalue weighted by molar-refractivity contribution is 0.0449. The average Bonchev–Trinajstić information content (AvgIpc) is 2.39. The Kier molecular flexibility index (Phi) is 4.62. The number of ether oxygens (including phenoxy) is 1. The van der Waals surface area contributed by atoms with Gasteiger partial charge in [-0.3, -0.25) is 0 Å². The number of hydrazine groups is 1. The van der Waals surface area contributed by atoms with Gasteiger partial charge in [-0.15, -0.1) is 0 Å². The topological polar surface area (TPSA) is 44.8 Å². The number of piperazine rings is 1. The second kappa shape index (κ2) is 6.24. The van der Waals surface area contributed by atoms with Crippen molar-refractivity contribution >= 4 is 11.8 Å². The van der Waals surface area contributed by atoms with Gasteiger partial charge in [0.15, 0.2) is 0 Å². The third-order valence-corrected chi connectivity index (χ3v) is 2.94. The van der Waals surface area contributed by atoms with E-state index in [-0.39, 0.29) is 6.09 Å². The summed E-state index contributed by atoms with van der Waals surface area (Å²) in [5.74, 6) is 0. The van der Waals surface area contributed by atoms with Crippen LogP contribution in [0, 0.1) is 0 Å². The lowest BCUT2D eigenvalue weighted by Crippen LogP contribution is -2.55. The summed E-state index contributed by atoms with van der Waals surface area (Å²) in [5, 5.41) is 6.96. The van der Waals surface area contributed by atoms with Crippen LogP contribution in [-0.2, 0) is 4.74 Å². The van der Waals surface area contributed by atoms with E-state index in [4.69, 9.17) is 4.74 Å². The molecule has 0 radical (unpaired) electrons. The Labute approximate surface area is 120 Å². The smallest absolute Gasteiger partial charge is 0.429 e. The number of hydrogen-bond acceptors (Lipinski definition) is 4. The summed E-state index contributed by atoms with van der Waals surface area (Å²) in [6.07, 6.45) is -0.328. The zero-order chi connectivity index (χ0) is 14.6. The van der Waals surface area contributed by atoms with Gasteiger partial charge in [-0.1, -0.05) is 18.2 Å². The van der Waals surface area contributed by atoms with E-state index in [1.165, 1.54) is 0 Å². The van der Waals surface area contributed by atoms with Crippen LogP contribution in [0.2, 0.25) is 0 Å². The Bertz CT molecular complexity index is 436. The minimum absolute atomic E-state index is 0.328. The fourth-order valence-electron chi connectivity index (χ4n) is 2.11. The first-order valence-corrected chi connectivity index (χ1v) is 7.01. The van der Waals surface area contributed by atoms with Gasteiger partial charge in [0.1, 0.15) is 5.60 Å². The molecule has 0 aliphatic carbocycles. The van der Waals surface area contributed by atoms with E-state index in [2.05, 4.69) is 5.32 Å². The van der Waals surface area contributed by atoms with Gasteiger partial charge >= 0.3 is 6.09 Å². The monoisotopic (exact) mass is 277 g/mol. The molecule has 1 N–H and O–H groups in total. The predicted molar refractivity (Wildman–Crippen MR) is 79.6 cm³/mol. The number of para-hydroxylation sites is 1. The summed E-state index contributed by atoms with van der Waals surface area (Å²) in [6, 6.07) is 9.64. The van der Waals surface area contributed by atoms with E-state index < -0.39 is 5.60 Å². The third-order valence-electron chi connectivity index (χ3n) is 2.94. The summed E-state index contributed by atoms with van der Waals surface area (Å²) in [7, 11) is 0. The van der Waals surface area contributed by atoms with E-state index in [1.54, 1.807) is 5.01 Å². The van der Waals surface area contributed by atoms with Crippen molar-refractivity contribution in [3.8, 4) is 0 Å². The maximum absolute atomic E-state index is 12.5. The van der Waals surface area contributed by atoms with Crippen LogP contribution in [0.4, 0.5) is 10.5 Å². The van der Waals surface area contributed by atoms with Crippen molar-refractivity contribution in [2.45, 2.75) is 26.4 Å². The van der Waals surface area contributed by atoms with Crippen LogP contribution in [0.25, 0.3) is 0 Å². The molecule has 1 fully saturated rings. The molecule has 0 bridgehead atoms. The summed E-state index contributed by atoms with van der Waals surface area (Å²) in [5.41, 5.74) is 0.335. The summed E-state index contributed by atoms with van der Waals surface area (Å²) in [6.45, 7) is 8.95. The highest BCUT2D eigenvalue weighted by Crippen LogP contribution is 2.20. The molecule has 2 rings (SSSR count). The summed E-state index contributed by atoms with van der Waals surface area (Å²) >= 11 is 0. The number of carbonyl (C=O) groups is 1. The van der Waals surface area contributed by atoms with E-state index in [0.29, 0.717) is 0 Å². The molecule has 0 atom stereocenters. The molecule has 110 valence electrons. The largest absolute Gasteiger partial charge is 0.442 e. The number of carbonyl (C=O) groups excluding carboxylic acids is 1. The molecule has 1 amide bonds. The van der Waals surface area contributed by atoms with Gasteiger partial charge in [-0.2, -0.15) is 0 Å². The van der Waals surface area contributed by atoms with Crippen molar-refractivity contribution in [1.82, 2.24) is 10.3 Å². The predicted octanol–water partition coefficient (Wildman–Crippen LogP) is 2.25. The number of nitrogens with zero attached hydrogens (tertiary/aromatic N) is 2. The van der Waals surface area contributed by atoms with E-state index >= 15 is 0 Å². The second-order valence-electron chi connectivity index (χ2n) is 5.83. The average molecular weight is 277 g/mol. The highest BCUT2D eigenvalue weighted by Gasteiger charge is 2.29. The van der Waals surface area contributed by atoms with Crippen molar-refractivity contribution in [2.75, 3.05) is 31.2 Å². The Morgan fingerprint density at radius 3 is 2.35 bits per heavy atom. The molecule has 0 aromatic heterocycles. The van der Waals surface area contributed by atoms with Gasteiger partial charge in [0.25, 0.3) is 0 Å². The molecule has 0 unspecified atom stereocenters. The molecule has 1 heterocycles. The van der Waals surface area contributed by atoms with Crippen LogP contribution in [0.1, 0.15) is 20.8 Å². The fourth-order valence-corrected chi connectivity index (χ4v) is 2.11. The molecular weight excluding hydrogens is 254 g/mol. The first-order valence-electron chi connectivity index (χ1n) is 7.01. The fraction of sp³-hybridized carbons (Fsp3) is 0.533. The van der Waals surface area contributed by atoms with Crippen LogP contribution >= 0.6 is 0 Å². The van der Waals surface area contributed by atoms with Crippen LogP contribution in [0.15, 0.2) is 30.3 Å². The van der Waals surface area contributed by atoms with Crippen molar-refractivity contribution in [3.05, 3.63) is 30.3 Å². The molecule has 1 aromatic rings. The number of hydrogen-bond donors (Lipinski definition) is 1. The Morgan fingerprint density at radius 1 is 1.20 bits per heavy atom. The van der Waals surface area contributed by atoms with Gasteiger partial charge in [0.2, 0.25) is 0 Å². The second-order valence-corrected chi connectivity index (χ2v) is 5.83. The number of amides is 1. The van der Waals surface area contributed by atoms with Gasteiger partial charge in [0.05, 0.1) is 5.69 Å². The lowest BCUT2D eigenvalue weighted by atomic mass is 10.2. The number of rotatable bonds is 2. The molecule has 20 heavy (non-hydrogen) atoms. The molecule has 1 saturated heterocycles. The van der Waals surface area contributed by atoms with Crippen LogP contribution in [-0.4, -0.2) is 42.9 Å². The Balaban J connectivity index is 2.22. The number of nitrogens with one attached hydrogen (secondary N) is 1. The molecule has 1 aliphatic rings. The molecule has 0 spiro atoms. The van der Waals surface area contributed by atoms with E-state index in [0.717, 1.165) is 31.9 Å². The van der Waals surface area contributed by atoms with E-state index in [1.807, 2.05) is 56.1 Å². The zero-order valence-electron chi connectivity index (χ0n) is 12.4. The summed E-state index contributed by atoms with van der Waals surface area (Å²) in [4.78, 5) is 12.5. The molecule has 5 nitrogen and oxygen atoms in total. The minimum Gasteiger partial charge on any atom is -0.442 e. The first kappa shape index (κ1) is 14.8. The first-order chi connectivity index (χ1) is 9.47. The van der Waals surface area contributed by atoms with Crippen LogP contribution in [0.5, 0.6) is 0 Å². The van der Waals surface area contributed by atoms with Gasteiger partial charge in [-0.25, -0.2) is 14.8 Å². The highest BCUT2D eigenvalue weighted by atomic mass is 16.6. The SMILES string of the molecule is CC(C)(C)OC(=O)N(c1ccccc1)N1CCNCC1. The third kappa shape index (κ3) is 3.95. The van der Waals surface area contributed by atoms with Crippen LogP contribution in [0.3, 0.4) is 0 Å². The van der Waals surface area contributed by atoms with Gasteiger partial charge < -0.3 is 10.1 Å².